The summed E-state index contributed by atoms with van der Waals surface area (Å²) in [5.41, 5.74) is 10.6. The first kappa shape index (κ1) is 7.68. The topological polar surface area (TPSA) is 68.5 Å². The summed E-state index contributed by atoms with van der Waals surface area (Å²) >= 11 is 0. The first-order valence-electron chi connectivity index (χ1n) is 3.19. The Morgan fingerprint density at radius 2 is 2.00 bits per heavy atom. The fourth-order valence-electron chi connectivity index (χ4n) is 0.749. The molecule has 0 heterocycles. The van der Waals surface area contributed by atoms with Crippen molar-refractivity contribution in [1.29, 1.82) is 5.53 Å². The number of nitrogens with zero attached hydrogens (tertiary/aromatic N) is 1. The number of benzene rings is 1. The highest BCUT2D eigenvalue weighted by Crippen LogP contribution is 2.08. The maximum atomic E-state index is 8.68. The number of aliphatic hydroxyl groups excluding tert-OH is 1. The van der Waals surface area contributed by atoms with E-state index in [0.29, 0.717) is 0 Å². The second-order valence-corrected chi connectivity index (χ2v) is 2.08. The van der Waals surface area contributed by atoms with Gasteiger partial charge in [-0.2, -0.15) is 5.53 Å². The summed E-state index contributed by atoms with van der Waals surface area (Å²) in [7, 11) is 0. The Kier molecular flexibility index (Phi) is 2.57. The lowest BCUT2D eigenvalue weighted by molar-refractivity contribution is 0.282. The lowest BCUT2D eigenvalue weighted by Gasteiger charge is -1.98. The van der Waals surface area contributed by atoms with Gasteiger partial charge in [-0.1, -0.05) is 17.4 Å². The minimum absolute atomic E-state index is 0.0400. The Morgan fingerprint density at radius 1 is 1.36 bits per heavy atom. The highest BCUT2D eigenvalue weighted by Gasteiger charge is 1.90. The molecule has 0 bridgehead atoms. The normalized spacial score (nSPS) is 9.18. The van der Waals surface area contributed by atoms with Crippen LogP contribution in [0.2, 0.25) is 0 Å². The summed E-state index contributed by atoms with van der Waals surface area (Å²) < 4.78 is 0. The van der Waals surface area contributed by atoms with E-state index in [1.54, 1.807) is 24.3 Å². The maximum absolute atomic E-state index is 8.68. The van der Waals surface area contributed by atoms with E-state index >= 15 is 0 Å². The van der Waals surface area contributed by atoms with Crippen LogP contribution >= 0.6 is 0 Å². The zero-order valence-electron chi connectivity index (χ0n) is 5.91. The van der Waals surface area contributed by atoms with Crippen molar-refractivity contribution < 1.29 is 5.11 Å². The van der Waals surface area contributed by atoms with Crippen LogP contribution in [0.15, 0.2) is 29.5 Å². The molecule has 1 aromatic carbocycles. The number of aliphatic hydroxyl groups is 1. The largest absolute Gasteiger partial charge is 0.392 e. The average Bonchev–Trinajstić information content (AvgIpc) is 2.07. The second-order valence-electron chi connectivity index (χ2n) is 2.08. The van der Waals surface area contributed by atoms with Gasteiger partial charge in [0.05, 0.1) is 12.3 Å². The Balaban J connectivity index is 2.74. The van der Waals surface area contributed by atoms with Gasteiger partial charge in [-0.25, -0.2) is 0 Å². The predicted octanol–water partition coefficient (Wildman–Crippen LogP) is 1.54. The molecule has 3 N–H and O–H groups in total. The van der Waals surface area contributed by atoms with Crippen LogP contribution in [0.1, 0.15) is 5.56 Å². The summed E-state index contributed by atoms with van der Waals surface area (Å²) in [5, 5.41) is 11.7. The highest BCUT2D eigenvalue weighted by atomic mass is 16.3. The molecular weight excluding hydrogens is 142 g/mol. The highest BCUT2D eigenvalue weighted by molar-refractivity contribution is 5.43. The molecule has 0 fully saturated rings. The van der Waals surface area contributed by atoms with E-state index in [1.165, 1.54) is 0 Å². The average molecular weight is 151 g/mol. The van der Waals surface area contributed by atoms with Gasteiger partial charge in [0.15, 0.2) is 0 Å². The minimum Gasteiger partial charge on any atom is -0.392 e. The Morgan fingerprint density at radius 3 is 2.45 bits per heavy atom. The number of hydrogen-bond donors (Lipinski definition) is 3. The molecule has 0 radical (unpaired) electrons. The van der Waals surface area contributed by atoms with E-state index < -0.39 is 0 Å². The van der Waals surface area contributed by atoms with Crippen LogP contribution in [-0.4, -0.2) is 5.11 Å². The first-order chi connectivity index (χ1) is 5.36. The molecule has 1 aromatic rings. The fourth-order valence-corrected chi connectivity index (χ4v) is 0.749. The molecule has 1 rings (SSSR count). The van der Waals surface area contributed by atoms with Crippen LogP contribution in [0.25, 0.3) is 0 Å². The summed E-state index contributed by atoms with van der Waals surface area (Å²) in [5.74, 6) is 0. The van der Waals surface area contributed by atoms with Crippen molar-refractivity contribution in [3.63, 3.8) is 0 Å². The smallest absolute Gasteiger partial charge is 0.0681 e. The van der Waals surface area contributed by atoms with Crippen LogP contribution in [0, 0.1) is 5.53 Å². The summed E-state index contributed by atoms with van der Waals surface area (Å²) in [6.07, 6.45) is 0. The first-order valence-corrected chi connectivity index (χ1v) is 3.19. The van der Waals surface area contributed by atoms with E-state index in [9.17, 15) is 0 Å². The monoisotopic (exact) mass is 151 g/mol. The standard InChI is InChI=1S/C7H9N3O/c8-10-9-7-3-1-6(5-11)2-4-7/h1-4,11H,5H2,(H2,8,9). The van der Waals surface area contributed by atoms with Crippen molar-refractivity contribution in [2.75, 3.05) is 5.43 Å². The molecule has 0 amide bonds. The van der Waals surface area contributed by atoms with E-state index in [2.05, 4.69) is 10.6 Å². The van der Waals surface area contributed by atoms with E-state index in [-0.39, 0.29) is 6.61 Å². The SMILES string of the molecule is N=NNc1ccc(CO)cc1. The van der Waals surface area contributed by atoms with Crippen molar-refractivity contribution in [1.82, 2.24) is 0 Å². The Hall–Kier alpha value is -1.42. The predicted molar refractivity (Wildman–Crippen MR) is 41.1 cm³/mol. The lowest BCUT2D eigenvalue weighted by Crippen LogP contribution is -1.86. The molecule has 4 heteroatoms. The van der Waals surface area contributed by atoms with Gasteiger partial charge in [-0.05, 0) is 17.7 Å². The molecule has 0 saturated carbocycles. The minimum atomic E-state index is 0.0400. The van der Waals surface area contributed by atoms with E-state index in [1.807, 2.05) is 0 Å². The third-order valence-electron chi connectivity index (χ3n) is 1.32. The zero-order valence-corrected chi connectivity index (χ0v) is 5.91. The van der Waals surface area contributed by atoms with Crippen molar-refractivity contribution in [3.05, 3.63) is 29.8 Å². The van der Waals surface area contributed by atoms with Gasteiger partial charge in [0.1, 0.15) is 0 Å². The number of rotatable bonds is 3. The van der Waals surface area contributed by atoms with E-state index in [0.717, 1.165) is 11.3 Å². The fraction of sp³-hybridized carbons (Fsp3) is 0.143. The van der Waals surface area contributed by atoms with Crippen molar-refractivity contribution in [2.24, 2.45) is 5.22 Å². The van der Waals surface area contributed by atoms with Crippen molar-refractivity contribution in [2.45, 2.75) is 6.61 Å². The summed E-state index contributed by atoms with van der Waals surface area (Å²) in [4.78, 5) is 0. The van der Waals surface area contributed by atoms with Gasteiger partial charge in [0.2, 0.25) is 0 Å². The van der Waals surface area contributed by atoms with Crippen LogP contribution in [-0.2, 0) is 6.61 Å². The third kappa shape index (κ3) is 2.01. The summed E-state index contributed by atoms with van der Waals surface area (Å²) in [6, 6.07) is 7.05. The molecule has 0 saturated heterocycles. The third-order valence-corrected chi connectivity index (χ3v) is 1.32. The molecule has 0 spiro atoms. The van der Waals surface area contributed by atoms with Crippen molar-refractivity contribution >= 4 is 5.69 Å². The van der Waals surface area contributed by atoms with Crippen LogP contribution < -0.4 is 5.43 Å². The summed E-state index contributed by atoms with van der Waals surface area (Å²) in [6.45, 7) is 0.0400. The second kappa shape index (κ2) is 3.68. The molecule has 0 unspecified atom stereocenters. The van der Waals surface area contributed by atoms with E-state index in [4.69, 9.17) is 10.6 Å². The molecule has 0 aromatic heterocycles. The number of nitrogens with one attached hydrogen (secondary N) is 2. The van der Waals surface area contributed by atoms with Gasteiger partial charge >= 0.3 is 0 Å². The van der Waals surface area contributed by atoms with Crippen LogP contribution in [0.3, 0.4) is 0 Å². The zero-order chi connectivity index (χ0) is 8.10. The molecular formula is C7H9N3O. The molecule has 0 aliphatic rings. The quantitative estimate of drug-likeness (QED) is 0.453. The Bertz CT molecular complexity index is 232. The van der Waals surface area contributed by atoms with Crippen LogP contribution in [0.5, 0.6) is 0 Å². The maximum Gasteiger partial charge on any atom is 0.0681 e. The van der Waals surface area contributed by atoms with Gasteiger partial charge in [-0.3, -0.25) is 5.43 Å². The van der Waals surface area contributed by atoms with Crippen molar-refractivity contribution in [3.8, 4) is 0 Å². The molecule has 0 aliphatic heterocycles. The molecule has 4 nitrogen and oxygen atoms in total. The Labute approximate surface area is 64.3 Å². The lowest BCUT2D eigenvalue weighted by atomic mass is 10.2. The molecule has 0 aliphatic carbocycles. The molecule has 58 valence electrons. The molecule has 11 heavy (non-hydrogen) atoms. The van der Waals surface area contributed by atoms with Gasteiger partial charge in [-0.15, -0.1) is 0 Å². The number of anilines is 1. The van der Waals surface area contributed by atoms with Gasteiger partial charge < -0.3 is 5.11 Å². The van der Waals surface area contributed by atoms with Gasteiger partial charge in [0, 0.05) is 0 Å². The number of hydrogen-bond acceptors (Lipinski definition) is 3. The van der Waals surface area contributed by atoms with Gasteiger partial charge in [0.25, 0.3) is 0 Å². The molecule has 0 atom stereocenters. The van der Waals surface area contributed by atoms with Crippen LogP contribution in [0.4, 0.5) is 5.69 Å².